The van der Waals surface area contributed by atoms with Gasteiger partial charge in [-0.25, -0.2) is 4.79 Å². The van der Waals surface area contributed by atoms with Crippen molar-refractivity contribution in [1.29, 1.82) is 0 Å². The Morgan fingerprint density at radius 1 is 1.30 bits per heavy atom. The lowest BCUT2D eigenvalue weighted by atomic mass is 10.0. The van der Waals surface area contributed by atoms with Crippen LogP contribution in [0.5, 0.6) is 0 Å². The lowest BCUT2D eigenvalue weighted by Gasteiger charge is -2.19. The Bertz CT molecular complexity index is 1070. The Morgan fingerprint density at radius 2 is 2.20 bits per heavy atom. The fourth-order valence-corrected chi connectivity index (χ4v) is 3.52. The van der Waals surface area contributed by atoms with E-state index in [-0.39, 0.29) is 5.97 Å². The van der Waals surface area contributed by atoms with E-state index >= 15 is 0 Å². The Balaban J connectivity index is 1.59. The predicted octanol–water partition coefficient (Wildman–Crippen LogP) is 5.41. The van der Waals surface area contributed by atoms with Gasteiger partial charge in [-0.15, -0.1) is 0 Å². The smallest absolute Gasteiger partial charge is 0.338 e. The summed E-state index contributed by atoms with van der Waals surface area (Å²) in [5, 5.41) is 7.48. The van der Waals surface area contributed by atoms with Crippen LogP contribution < -0.4 is 0 Å². The molecule has 30 heavy (non-hydrogen) atoms. The van der Waals surface area contributed by atoms with Gasteiger partial charge in [0.1, 0.15) is 24.0 Å². The quantitative estimate of drug-likeness (QED) is 0.651. The predicted molar refractivity (Wildman–Crippen MR) is 114 cm³/mol. The number of carbonyl (C=O) groups is 1. The summed E-state index contributed by atoms with van der Waals surface area (Å²) in [4.78, 5) is 12.1. The van der Waals surface area contributed by atoms with Crippen molar-refractivity contribution in [2.75, 3.05) is 6.61 Å². The van der Waals surface area contributed by atoms with Gasteiger partial charge in [0, 0.05) is 17.7 Å². The van der Waals surface area contributed by atoms with Crippen molar-refractivity contribution in [3.8, 4) is 11.3 Å². The maximum atomic E-state index is 12.1. The molecule has 2 heterocycles. The van der Waals surface area contributed by atoms with E-state index in [1.807, 2.05) is 19.1 Å². The van der Waals surface area contributed by atoms with Gasteiger partial charge in [-0.3, -0.25) is 5.10 Å². The average Bonchev–Trinajstić information content (AvgIpc) is 3.16. The highest BCUT2D eigenvalue weighted by atomic mass is 16.5. The highest BCUT2D eigenvalue weighted by molar-refractivity contribution is 5.91. The van der Waals surface area contributed by atoms with Crippen LogP contribution in [0.25, 0.3) is 17.0 Å². The molecule has 6 heteroatoms. The molecule has 0 unspecified atom stereocenters. The molecule has 0 saturated carbocycles. The van der Waals surface area contributed by atoms with E-state index in [0.29, 0.717) is 30.0 Å². The summed E-state index contributed by atoms with van der Waals surface area (Å²) in [5.41, 5.74) is 4.92. The van der Waals surface area contributed by atoms with Crippen LogP contribution in [0.3, 0.4) is 0 Å². The van der Waals surface area contributed by atoms with Crippen molar-refractivity contribution < 1.29 is 19.0 Å². The first-order chi connectivity index (χ1) is 14.7. The Kier molecular flexibility index (Phi) is 5.84. The van der Waals surface area contributed by atoms with Crippen LogP contribution in [0.4, 0.5) is 0 Å². The van der Waals surface area contributed by atoms with Crippen molar-refractivity contribution in [2.45, 2.75) is 33.1 Å². The molecule has 0 radical (unpaired) electrons. The third-order valence-electron chi connectivity index (χ3n) is 4.96. The Hall–Kier alpha value is -3.54. The molecule has 0 amide bonds. The molecule has 0 bridgehead atoms. The highest BCUT2D eigenvalue weighted by Gasteiger charge is 2.22. The normalized spacial score (nSPS) is 15.5. The highest BCUT2D eigenvalue weighted by Crippen LogP contribution is 2.35. The van der Waals surface area contributed by atoms with E-state index < -0.39 is 0 Å². The number of nitrogens with zero attached hydrogens (tertiary/aromatic N) is 1. The maximum absolute atomic E-state index is 12.1. The van der Waals surface area contributed by atoms with Crippen LogP contribution in [0.2, 0.25) is 0 Å². The number of allylic oxidation sites excluding steroid dienone is 4. The van der Waals surface area contributed by atoms with Gasteiger partial charge in [-0.05, 0) is 38.8 Å². The number of nitrogens with one attached hydrogen (secondary N) is 1. The van der Waals surface area contributed by atoms with E-state index in [9.17, 15) is 4.79 Å². The third-order valence-corrected chi connectivity index (χ3v) is 4.96. The summed E-state index contributed by atoms with van der Waals surface area (Å²) in [6.07, 6.45) is 12.3. The summed E-state index contributed by atoms with van der Waals surface area (Å²) in [6.45, 7) is 4.04. The largest absolute Gasteiger partial charge is 0.465 e. The average molecular weight is 404 g/mol. The molecule has 1 aliphatic carbocycles. The summed E-state index contributed by atoms with van der Waals surface area (Å²) >= 11 is 0. The molecular formula is C24H24N2O4. The second kappa shape index (κ2) is 8.86. The van der Waals surface area contributed by atoms with Gasteiger partial charge < -0.3 is 14.2 Å². The van der Waals surface area contributed by atoms with E-state index in [4.69, 9.17) is 14.2 Å². The first-order valence-corrected chi connectivity index (χ1v) is 10.1. The van der Waals surface area contributed by atoms with E-state index in [2.05, 4.69) is 28.4 Å². The number of hydrogen-bond donors (Lipinski definition) is 1. The standard InChI is InChI=1S/C24H24N2O4/c1-3-29-24(27)19-11-7-10-18(13-19)23-22(16(2)25-26-23)21-15-28-14-20(30-21)12-17-8-5-4-6-9-17/h4-5,7-8,10-11,13-15H,3,6,9,12H2,1-2H3,(H,25,26). The zero-order chi connectivity index (χ0) is 20.9. The molecule has 154 valence electrons. The van der Waals surface area contributed by atoms with E-state index in [1.54, 1.807) is 31.6 Å². The van der Waals surface area contributed by atoms with Crippen LogP contribution >= 0.6 is 0 Å². The number of aromatic amines is 1. The minimum atomic E-state index is -0.357. The number of ether oxygens (including phenoxy) is 3. The number of H-pyrrole nitrogens is 1. The third kappa shape index (κ3) is 4.22. The summed E-state index contributed by atoms with van der Waals surface area (Å²) < 4.78 is 16.9. The minimum Gasteiger partial charge on any atom is -0.465 e. The first-order valence-electron chi connectivity index (χ1n) is 10.1. The van der Waals surface area contributed by atoms with Gasteiger partial charge in [0.15, 0.2) is 5.76 Å². The molecule has 1 aromatic carbocycles. The van der Waals surface area contributed by atoms with Gasteiger partial charge >= 0.3 is 5.97 Å². The van der Waals surface area contributed by atoms with Crippen LogP contribution in [0.1, 0.15) is 47.8 Å². The molecule has 6 nitrogen and oxygen atoms in total. The molecule has 2 aromatic rings. The maximum Gasteiger partial charge on any atom is 0.338 e. The fourth-order valence-electron chi connectivity index (χ4n) is 3.52. The Labute approximate surface area is 175 Å². The molecule has 2 aliphatic rings. The SMILES string of the molecule is CCOC(=O)c1cccc(-c2n[nH]c(C)c2C2=COC=C(CC3=CC=CCC3)O2)c1. The van der Waals surface area contributed by atoms with Gasteiger partial charge in [-0.1, -0.05) is 35.9 Å². The molecule has 1 aromatic heterocycles. The van der Waals surface area contributed by atoms with Crippen LogP contribution in [-0.2, 0) is 14.2 Å². The Morgan fingerprint density at radius 3 is 3.00 bits per heavy atom. The lowest BCUT2D eigenvalue weighted by molar-refractivity contribution is 0.0526. The van der Waals surface area contributed by atoms with Crippen molar-refractivity contribution in [3.05, 3.63) is 83.2 Å². The molecule has 4 rings (SSSR count). The van der Waals surface area contributed by atoms with Crippen molar-refractivity contribution in [1.82, 2.24) is 10.2 Å². The summed E-state index contributed by atoms with van der Waals surface area (Å²) in [6, 6.07) is 7.23. The fraction of sp³-hybridized carbons (Fsp3) is 0.250. The van der Waals surface area contributed by atoms with Gasteiger partial charge in [0.2, 0.25) is 0 Å². The summed E-state index contributed by atoms with van der Waals surface area (Å²) in [7, 11) is 0. The lowest BCUT2D eigenvalue weighted by Crippen LogP contribution is -2.05. The van der Waals surface area contributed by atoms with E-state index in [1.165, 1.54) is 5.57 Å². The van der Waals surface area contributed by atoms with Gasteiger partial charge in [0.05, 0.1) is 17.7 Å². The number of aromatic nitrogens is 2. The molecule has 0 spiro atoms. The van der Waals surface area contributed by atoms with Crippen molar-refractivity contribution in [3.63, 3.8) is 0 Å². The van der Waals surface area contributed by atoms with Crippen LogP contribution in [-0.4, -0.2) is 22.8 Å². The number of carbonyl (C=O) groups excluding carboxylic acids is 1. The second-order valence-corrected chi connectivity index (χ2v) is 7.15. The molecule has 0 atom stereocenters. The summed E-state index contributed by atoms with van der Waals surface area (Å²) in [5.74, 6) is 0.979. The molecule has 1 N–H and O–H groups in total. The van der Waals surface area contributed by atoms with Crippen LogP contribution in [0, 0.1) is 6.92 Å². The zero-order valence-electron chi connectivity index (χ0n) is 17.1. The minimum absolute atomic E-state index is 0.329. The van der Waals surface area contributed by atoms with Crippen LogP contribution in [0.15, 0.2) is 66.3 Å². The first kappa shape index (κ1) is 19.8. The number of esters is 1. The molecule has 0 fully saturated rings. The van der Waals surface area contributed by atoms with Gasteiger partial charge in [-0.2, -0.15) is 5.10 Å². The van der Waals surface area contributed by atoms with Crippen molar-refractivity contribution >= 4 is 11.7 Å². The van der Waals surface area contributed by atoms with Gasteiger partial charge in [0.25, 0.3) is 0 Å². The monoisotopic (exact) mass is 404 g/mol. The second-order valence-electron chi connectivity index (χ2n) is 7.15. The number of hydrogen-bond acceptors (Lipinski definition) is 5. The van der Waals surface area contributed by atoms with Crippen molar-refractivity contribution in [2.24, 2.45) is 0 Å². The molecular weight excluding hydrogens is 380 g/mol. The number of aryl methyl sites for hydroxylation is 1. The number of rotatable bonds is 6. The molecule has 1 aliphatic heterocycles. The number of benzene rings is 1. The van der Waals surface area contributed by atoms with E-state index in [0.717, 1.165) is 35.4 Å². The molecule has 0 saturated heterocycles. The topological polar surface area (TPSA) is 73.4 Å². The zero-order valence-corrected chi connectivity index (χ0v) is 17.1.